The number of nitrogens with zero attached hydrogens (tertiary/aromatic N) is 1. The maximum absolute atomic E-state index is 12.5. The van der Waals surface area contributed by atoms with Crippen LogP contribution >= 0.6 is 0 Å². The van der Waals surface area contributed by atoms with Crippen LogP contribution in [0.1, 0.15) is 37.2 Å². The van der Waals surface area contributed by atoms with Crippen molar-refractivity contribution in [2.24, 2.45) is 5.92 Å². The lowest BCUT2D eigenvalue weighted by molar-refractivity contribution is -0.157. The summed E-state index contributed by atoms with van der Waals surface area (Å²) in [5.41, 5.74) is -0.140. The van der Waals surface area contributed by atoms with Gasteiger partial charge in [-0.2, -0.15) is 0 Å². The summed E-state index contributed by atoms with van der Waals surface area (Å²) in [6, 6.07) is 10.7. The molecule has 30 heavy (non-hydrogen) atoms. The second kappa shape index (κ2) is 11.0. The van der Waals surface area contributed by atoms with Gasteiger partial charge in [0.05, 0.1) is 13.0 Å². The van der Waals surface area contributed by atoms with Crippen molar-refractivity contribution >= 4 is 11.8 Å². The highest BCUT2D eigenvalue weighted by Gasteiger charge is 2.27. The molecule has 0 radical (unpaired) electrons. The second-order valence-corrected chi connectivity index (χ2v) is 6.87. The molecule has 0 fully saturated rings. The van der Waals surface area contributed by atoms with E-state index < -0.39 is 29.9 Å². The topological polar surface area (TPSA) is 95.0 Å². The first kappa shape index (κ1) is 22.9. The van der Waals surface area contributed by atoms with Gasteiger partial charge in [-0.1, -0.05) is 31.2 Å². The highest BCUT2D eigenvalue weighted by Crippen LogP contribution is 2.29. The Morgan fingerprint density at radius 2 is 1.90 bits per heavy atom. The standard InChI is InChI=1S/C23H27NO6/c1-5-9-19(30-17-10-7-6-8-11-17)16(3)29-23(27)15(2)14-18(25)21-22(26)20(28-4)12-13-24-21/h5-8,10-13,15-16,19,26H,1,9,14H2,2-4H3/t15-,16+,19-/m1/s1. The molecule has 2 aromatic rings. The summed E-state index contributed by atoms with van der Waals surface area (Å²) in [6.07, 6.45) is 2.40. The lowest BCUT2D eigenvalue weighted by Crippen LogP contribution is -2.35. The summed E-state index contributed by atoms with van der Waals surface area (Å²) < 4.78 is 16.4. The molecule has 0 saturated heterocycles. The van der Waals surface area contributed by atoms with Crippen molar-refractivity contribution in [1.82, 2.24) is 4.98 Å². The monoisotopic (exact) mass is 413 g/mol. The molecular weight excluding hydrogens is 386 g/mol. The number of ether oxygens (including phenoxy) is 3. The van der Waals surface area contributed by atoms with Crippen LogP contribution in [0.15, 0.2) is 55.3 Å². The molecule has 1 N–H and O–H groups in total. The Hall–Kier alpha value is -3.35. The molecular formula is C23H27NO6. The number of Topliss-reactive ketones (excluding diaryl/α,β-unsaturated/α-hetero) is 1. The summed E-state index contributed by atoms with van der Waals surface area (Å²) >= 11 is 0. The minimum absolute atomic E-state index is 0.140. The molecule has 0 amide bonds. The number of hydrogen-bond acceptors (Lipinski definition) is 7. The van der Waals surface area contributed by atoms with Crippen LogP contribution in [0.25, 0.3) is 0 Å². The van der Waals surface area contributed by atoms with Gasteiger partial charge in [-0.15, -0.1) is 6.58 Å². The largest absolute Gasteiger partial charge is 0.503 e. The van der Waals surface area contributed by atoms with Crippen molar-refractivity contribution < 1.29 is 28.9 Å². The third-order valence-corrected chi connectivity index (χ3v) is 4.52. The molecule has 160 valence electrons. The number of esters is 1. The highest BCUT2D eigenvalue weighted by atomic mass is 16.6. The highest BCUT2D eigenvalue weighted by molar-refractivity contribution is 5.99. The number of carbonyl (C=O) groups excluding carboxylic acids is 2. The molecule has 0 saturated carbocycles. The van der Waals surface area contributed by atoms with Crippen LogP contribution in [-0.4, -0.2) is 41.2 Å². The first-order valence-electron chi connectivity index (χ1n) is 9.65. The third kappa shape index (κ3) is 6.07. The van der Waals surface area contributed by atoms with Gasteiger partial charge in [-0.05, 0) is 19.1 Å². The van der Waals surface area contributed by atoms with Crippen molar-refractivity contribution in [2.75, 3.05) is 7.11 Å². The molecule has 1 aromatic carbocycles. The zero-order valence-electron chi connectivity index (χ0n) is 17.4. The molecule has 3 atom stereocenters. The number of aromatic hydroxyl groups is 1. The molecule has 0 aliphatic carbocycles. The van der Waals surface area contributed by atoms with Gasteiger partial charge >= 0.3 is 5.97 Å². The van der Waals surface area contributed by atoms with Crippen LogP contribution < -0.4 is 9.47 Å². The van der Waals surface area contributed by atoms with Crippen LogP contribution in [-0.2, 0) is 9.53 Å². The quantitative estimate of drug-likeness (QED) is 0.338. The van der Waals surface area contributed by atoms with Crippen LogP contribution in [0, 0.1) is 5.92 Å². The predicted octanol–water partition coefficient (Wildman–Crippen LogP) is 3.96. The zero-order chi connectivity index (χ0) is 22.1. The fourth-order valence-electron chi connectivity index (χ4n) is 2.81. The maximum atomic E-state index is 12.5. The lowest BCUT2D eigenvalue weighted by Gasteiger charge is -2.25. The predicted molar refractivity (Wildman–Crippen MR) is 112 cm³/mol. The number of aromatic nitrogens is 1. The van der Waals surface area contributed by atoms with Crippen molar-refractivity contribution in [3.8, 4) is 17.2 Å². The fraction of sp³-hybridized carbons (Fsp3) is 0.348. The Bertz CT molecular complexity index is 867. The van der Waals surface area contributed by atoms with Gasteiger partial charge in [0.25, 0.3) is 0 Å². The molecule has 1 aromatic heterocycles. The Balaban J connectivity index is 1.99. The van der Waals surface area contributed by atoms with Crippen LogP contribution in [0.2, 0.25) is 0 Å². The van der Waals surface area contributed by atoms with Crippen molar-refractivity contribution in [2.45, 2.75) is 38.9 Å². The summed E-state index contributed by atoms with van der Waals surface area (Å²) in [5.74, 6) is -1.29. The summed E-state index contributed by atoms with van der Waals surface area (Å²) in [6.45, 7) is 7.05. The molecule has 2 rings (SSSR count). The van der Waals surface area contributed by atoms with E-state index in [2.05, 4.69) is 11.6 Å². The van der Waals surface area contributed by atoms with E-state index >= 15 is 0 Å². The van der Waals surface area contributed by atoms with Gasteiger partial charge in [0.1, 0.15) is 18.0 Å². The van der Waals surface area contributed by atoms with E-state index in [9.17, 15) is 14.7 Å². The summed E-state index contributed by atoms with van der Waals surface area (Å²) in [4.78, 5) is 28.9. The molecule has 0 aliphatic heterocycles. The van der Waals surface area contributed by atoms with Gasteiger partial charge < -0.3 is 19.3 Å². The summed E-state index contributed by atoms with van der Waals surface area (Å²) in [7, 11) is 1.38. The van der Waals surface area contributed by atoms with E-state index in [1.165, 1.54) is 19.4 Å². The van der Waals surface area contributed by atoms with Gasteiger partial charge in [0.15, 0.2) is 23.0 Å². The smallest absolute Gasteiger partial charge is 0.309 e. The number of para-hydroxylation sites is 1. The fourth-order valence-corrected chi connectivity index (χ4v) is 2.81. The third-order valence-electron chi connectivity index (χ3n) is 4.52. The van der Waals surface area contributed by atoms with Gasteiger partial charge in [0, 0.05) is 25.1 Å². The van der Waals surface area contributed by atoms with E-state index in [4.69, 9.17) is 14.2 Å². The first-order chi connectivity index (χ1) is 14.4. The number of pyridine rings is 1. The SMILES string of the molecule is C=CC[C@@H](Oc1ccccc1)[C@H](C)OC(=O)[C@H](C)CC(=O)c1nccc(OC)c1O. The van der Waals surface area contributed by atoms with Gasteiger partial charge in [-0.25, -0.2) is 4.98 Å². The number of ketones is 1. The Morgan fingerprint density at radius 3 is 2.53 bits per heavy atom. The minimum atomic E-state index is -0.728. The Labute approximate surface area is 176 Å². The van der Waals surface area contributed by atoms with E-state index in [1.807, 2.05) is 30.3 Å². The van der Waals surface area contributed by atoms with Gasteiger partial charge in [0.2, 0.25) is 0 Å². The first-order valence-corrected chi connectivity index (χ1v) is 9.65. The van der Waals surface area contributed by atoms with E-state index in [0.717, 1.165) is 0 Å². The van der Waals surface area contributed by atoms with Crippen molar-refractivity contribution in [1.29, 1.82) is 0 Å². The Morgan fingerprint density at radius 1 is 1.20 bits per heavy atom. The summed E-state index contributed by atoms with van der Waals surface area (Å²) in [5, 5.41) is 10.1. The number of methoxy groups -OCH3 is 1. The van der Waals surface area contributed by atoms with E-state index in [0.29, 0.717) is 12.2 Å². The molecule has 7 heteroatoms. The lowest BCUT2D eigenvalue weighted by atomic mass is 10.0. The number of hydrogen-bond donors (Lipinski definition) is 1. The van der Waals surface area contributed by atoms with Gasteiger partial charge in [-0.3, -0.25) is 9.59 Å². The van der Waals surface area contributed by atoms with E-state index in [-0.39, 0.29) is 23.6 Å². The minimum Gasteiger partial charge on any atom is -0.503 e. The maximum Gasteiger partial charge on any atom is 0.309 e. The van der Waals surface area contributed by atoms with Crippen LogP contribution in [0.5, 0.6) is 17.2 Å². The van der Waals surface area contributed by atoms with Crippen LogP contribution in [0.3, 0.4) is 0 Å². The molecule has 0 spiro atoms. The van der Waals surface area contributed by atoms with Crippen LogP contribution in [0.4, 0.5) is 0 Å². The number of carbonyl (C=O) groups is 2. The van der Waals surface area contributed by atoms with E-state index in [1.54, 1.807) is 19.9 Å². The molecule has 1 heterocycles. The average molecular weight is 413 g/mol. The second-order valence-electron chi connectivity index (χ2n) is 6.87. The average Bonchev–Trinajstić information content (AvgIpc) is 2.74. The number of benzene rings is 1. The molecule has 7 nitrogen and oxygen atoms in total. The normalized spacial score (nSPS) is 13.6. The van der Waals surface area contributed by atoms with Crippen molar-refractivity contribution in [3.63, 3.8) is 0 Å². The number of rotatable bonds is 11. The molecule has 0 unspecified atom stereocenters. The zero-order valence-corrected chi connectivity index (χ0v) is 17.4. The molecule has 0 aliphatic rings. The Kier molecular flexibility index (Phi) is 8.41. The molecule has 0 bridgehead atoms. The van der Waals surface area contributed by atoms with Crippen molar-refractivity contribution in [3.05, 3.63) is 60.9 Å².